The minimum atomic E-state index is -1.12. The third-order valence-electron chi connectivity index (χ3n) is 3.83. The third kappa shape index (κ3) is 3.86. The Morgan fingerprint density at radius 2 is 1.77 bits per heavy atom. The highest BCUT2D eigenvalue weighted by Crippen LogP contribution is 2.36. The van der Waals surface area contributed by atoms with E-state index in [1.54, 1.807) is 36.4 Å². The number of rotatable bonds is 5. The molecule has 0 aliphatic carbocycles. The fourth-order valence-corrected chi connectivity index (χ4v) is 3.04. The fraction of sp³-hybridized carbons (Fsp3) is 0.105. The number of benzene rings is 2. The summed E-state index contributed by atoms with van der Waals surface area (Å²) in [6.07, 6.45) is -1.12. The number of nitrogens with zero attached hydrogens (tertiary/aromatic N) is 1. The smallest absolute Gasteiger partial charge is 0.412 e. The Morgan fingerprint density at radius 1 is 1.12 bits per heavy atom. The van der Waals surface area contributed by atoms with E-state index < -0.39 is 12.1 Å². The van der Waals surface area contributed by atoms with Crippen LogP contribution in [0.1, 0.15) is 17.4 Å². The van der Waals surface area contributed by atoms with Crippen molar-refractivity contribution >= 4 is 39.3 Å². The molecule has 1 heterocycles. The number of hydrogen-bond donors (Lipinski definition) is 1. The van der Waals surface area contributed by atoms with Crippen LogP contribution in [-0.4, -0.2) is 18.3 Å². The first-order chi connectivity index (χ1) is 12.5. The fourth-order valence-electron chi connectivity index (χ4n) is 2.65. The molecule has 0 fully saturated rings. The Balaban J connectivity index is 2.14. The molecule has 1 unspecified atom stereocenters. The Morgan fingerprint density at radius 3 is 2.31 bits per heavy atom. The van der Waals surface area contributed by atoms with Gasteiger partial charge >= 0.3 is 6.09 Å². The number of furan rings is 1. The van der Waals surface area contributed by atoms with Gasteiger partial charge in [-0.2, -0.15) is 0 Å². The van der Waals surface area contributed by atoms with Crippen molar-refractivity contribution in [2.24, 2.45) is 0 Å². The van der Waals surface area contributed by atoms with Crippen LogP contribution in [0.2, 0.25) is 5.02 Å². The van der Waals surface area contributed by atoms with E-state index in [0.717, 1.165) is 10.0 Å². The lowest BCUT2D eigenvalue weighted by atomic mass is 10.0. The van der Waals surface area contributed by atoms with Crippen molar-refractivity contribution in [1.82, 2.24) is 0 Å². The van der Waals surface area contributed by atoms with Gasteiger partial charge in [-0.05, 0) is 48.0 Å². The summed E-state index contributed by atoms with van der Waals surface area (Å²) in [7, 11) is 1.49. The normalized spacial score (nSPS) is 11.8. The zero-order valence-corrected chi connectivity index (χ0v) is 16.1. The third-order valence-corrected chi connectivity index (χ3v) is 4.61. The molecule has 26 heavy (non-hydrogen) atoms. The second kappa shape index (κ2) is 7.85. The van der Waals surface area contributed by atoms with Gasteiger partial charge in [-0.25, -0.2) is 4.79 Å². The molecular formula is C19H15BrClNO4. The largest absolute Gasteiger partial charge is 0.468 e. The molecule has 5 nitrogen and oxygen atoms in total. The molecule has 3 rings (SSSR count). The van der Waals surface area contributed by atoms with Crippen molar-refractivity contribution in [3.63, 3.8) is 0 Å². The van der Waals surface area contributed by atoms with Crippen molar-refractivity contribution in [1.29, 1.82) is 0 Å². The number of ether oxygens (including phenoxy) is 1. The van der Waals surface area contributed by atoms with Crippen LogP contribution in [0.3, 0.4) is 0 Å². The maximum Gasteiger partial charge on any atom is 0.412 e. The van der Waals surface area contributed by atoms with Gasteiger partial charge in [0.15, 0.2) is 0 Å². The summed E-state index contributed by atoms with van der Waals surface area (Å²) in [5.74, 6) is 0.755. The van der Waals surface area contributed by atoms with Crippen molar-refractivity contribution in [3.05, 3.63) is 81.5 Å². The Bertz CT molecular complexity index is 893. The summed E-state index contributed by atoms with van der Waals surface area (Å²) in [6, 6.07) is 16.7. The molecule has 1 aromatic heterocycles. The second-order valence-corrected chi connectivity index (χ2v) is 6.80. The van der Waals surface area contributed by atoms with Gasteiger partial charge in [0.1, 0.15) is 11.8 Å². The predicted octanol–water partition coefficient (Wildman–Crippen LogP) is 5.98. The second-order valence-electron chi connectivity index (χ2n) is 5.44. The minimum Gasteiger partial charge on any atom is -0.468 e. The summed E-state index contributed by atoms with van der Waals surface area (Å²) >= 11 is 9.34. The van der Waals surface area contributed by atoms with E-state index in [1.165, 1.54) is 12.0 Å². The maximum atomic E-state index is 12.1. The van der Waals surface area contributed by atoms with Crippen molar-refractivity contribution in [3.8, 4) is 5.95 Å². The number of halogens is 2. The highest BCUT2D eigenvalue weighted by atomic mass is 79.9. The first-order valence-corrected chi connectivity index (χ1v) is 8.83. The average Bonchev–Trinajstić information content (AvgIpc) is 3.10. The predicted molar refractivity (Wildman–Crippen MR) is 103 cm³/mol. The number of carbonyl (C=O) groups is 1. The van der Waals surface area contributed by atoms with E-state index in [0.29, 0.717) is 22.4 Å². The Labute approximate surface area is 163 Å². The maximum absolute atomic E-state index is 12.1. The molecule has 0 bridgehead atoms. The molecule has 0 aliphatic heterocycles. The van der Waals surface area contributed by atoms with Crippen molar-refractivity contribution < 1.29 is 19.1 Å². The Hall–Kier alpha value is -2.44. The van der Waals surface area contributed by atoms with Gasteiger partial charge in [0, 0.05) is 21.2 Å². The van der Waals surface area contributed by atoms with Crippen molar-refractivity contribution in [2.45, 2.75) is 6.04 Å². The SMILES string of the molecule is COc1ccc(C(c2ccc(Br)cc2)N(C(=O)O)c2ccc(Cl)cc2)o1. The molecule has 0 saturated carbocycles. The van der Waals surface area contributed by atoms with Gasteiger partial charge < -0.3 is 14.3 Å². The van der Waals surface area contributed by atoms with Crippen LogP contribution >= 0.6 is 27.5 Å². The molecule has 1 amide bonds. The van der Waals surface area contributed by atoms with Gasteiger partial charge in [0.25, 0.3) is 5.95 Å². The van der Waals surface area contributed by atoms with E-state index in [2.05, 4.69) is 15.9 Å². The van der Waals surface area contributed by atoms with Crippen LogP contribution in [0.25, 0.3) is 0 Å². The van der Waals surface area contributed by atoms with Crippen molar-refractivity contribution in [2.75, 3.05) is 12.0 Å². The van der Waals surface area contributed by atoms with E-state index in [4.69, 9.17) is 20.8 Å². The highest BCUT2D eigenvalue weighted by molar-refractivity contribution is 9.10. The van der Waals surface area contributed by atoms with Crippen LogP contribution < -0.4 is 9.64 Å². The summed E-state index contributed by atoms with van der Waals surface area (Å²) in [4.78, 5) is 13.4. The van der Waals surface area contributed by atoms with E-state index >= 15 is 0 Å². The van der Waals surface area contributed by atoms with Crippen LogP contribution in [0.5, 0.6) is 5.95 Å². The Kier molecular flexibility index (Phi) is 5.54. The summed E-state index contributed by atoms with van der Waals surface area (Å²) in [5.41, 5.74) is 1.23. The number of anilines is 1. The standard InChI is InChI=1S/C19H15BrClNO4/c1-25-17-11-10-16(26-17)18(12-2-4-13(20)5-3-12)22(19(23)24)15-8-6-14(21)7-9-15/h2-11,18H,1H3,(H,23,24). The van der Waals surface area contributed by atoms with Gasteiger partial charge in [-0.15, -0.1) is 0 Å². The summed E-state index contributed by atoms with van der Waals surface area (Å²) < 4.78 is 11.7. The number of methoxy groups -OCH3 is 1. The minimum absolute atomic E-state index is 0.309. The van der Waals surface area contributed by atoms with Crippen LogP contribution in [-0.2, 0) is 0 Å². The summed E-state index contributed by atoms with van der Waals surface area (Å²) in [6.45, 7) is 0. The number of amides is 1. The van der Waals surface area contributed by atoms with Crippen LogP contribution in [0, 0.1) is 0 Å². The molecule has 134 valence electrons. The van der Waals surface area contributed by atoms with E-state index in [1.807, 2.05) is 24.3 Å². The lowest BCUT2D eigenvalue weighted by molar-refractivity contribution is 0.198. The first-order valence-electron chi connectivity index (χ1n) is 7.66. The zero-order valence-electron chi connectivity index (χ0n) is 13.7. The highest BCUT2D eigenvalue weighted by Gasteiger charge is 2.31. The quantitative estimate of drug-likeness (QED) is 0.534. The first kappa shape index (κ1) is 18.4. The molecule has 2 aromatic carbocycles. The average molecular weight is 437 g/mol. The molecule has 0 radical (unpaired) electrons. The molecule has 1 N–H and O–H groups in total. The molecule has 0 aliphatic rings. The lowest BCUT2D eigenvalue weighted by Crippen LogP contribution is -2.34. The molecule has 7 heteroatoms. The molecule has 1 atom stereocenters. The molecule has 3 aromatic rings. The molecular weight excluding hydrogens is 422 g/mol. The zero-order chi connectivity index (χ0) is 18.7. The van der Waals surface area contributed by atoms with Gasteiger partial charge in [-0.3, -0.25) is 4.90 Å². The lowest BCUT2D eigenvalue weighted by Gasteiger charge is -2.28. The topological polar surface area (TPSA) is 62.9 Å². The number of carboxylic acid groups (broad SMARTS) is 1. The molecule has 0 saturated heterocycles. The van der Waals surface area contributed by atoms with E-state index in [9.17, 15) is 9.90 Å². The van der Waals surface area contributed by atoms with Gasteiger partial charge in [0.05, 0.1) is 7.11 Å². The van der Waals surface area contributed by atoms with Gasteiger partial charge in [-0.1, -0.05) is 39.7 Å². The van der Waals surface area contributed by atoms with Crippen LogP contribution in [0.4, 0.5) is 10.5 Å². The van der Waals surface area contributed by atoms with Gasteiger partial charge in [0.2, 0.25) is 0 Å². The monoisotopic (exact) mass is 435 g/mol. The summed E-state index contributed by atoms with van der Waals surface area (Å²) in [5, 5.41) is 10.4. The van der Waals surface area contributed by atoms with E-state index in [-0.39, 0.29) is 0 Å². The van der Waals surface area contributed by atoms with Crippen LogP contribution in [0.15, 0.2) is 69.6 Å². The number of hydrogen-bond acceptors (Lipinski definition) is 3. The molecule has 0 spiro atoms.